The maximum atomic E-state index is 13.7. The van der Waals surface area contributed by atoms with Gasteiger partial charge in [-0.25, -0.2) is 19.1 Å². The third-order valence-corrected chi connectivity index (χ3v) is 9.01. The Labute approximate surface area is 210 Å². The van der Waals surface area contributed by atoms with Crippen LogP contribution in [0.25, 0.3) is 11.1 Å². The molecule has 2 aromatic rings. The van der Waals surface area contributed by atoms with Crippen LogP contribution in [0, 0.1) is 0 Å². The van der Waals surface area contributed by atoms with E-state index in [1.807, 2.05) is 12.1 Å². The van der Waals surface area contributed by atoms with E-state index >= 15 is 0 Å². The third kappa shape index (κ3) is 4.23. The molecule has 36 heavy (non-hydrogen) atoms. The SMILES string of the molecule is COc1cc(-c2ccc3c(c2NC(=O)N=S(N)(=O)C2(C)C=NN4CC(OC)COC42)CCC3)ccn1. The number of anilines is 1. The minimum Gasteiger partial charge on any atom is -0.481 e. The summed E-state index contributed by atoms with van der Waals surface area (Å²) in [4.78, 5) is 17.4. The number of aryl methyl sites for hydroxylation is 1. The largest absolute Gasteiger partial charge is 0.481 e. The Hall–Kier alpha value is -3.06. The first kappa shape index (κ1) is 24.6. The molecular weight excluding hydrogens is 484 g/mol. The summed E-state index contributed by atoms with van der Waals surface area (Å²) in [5.74, 6) is 0.459. The van der Waals surface area contributed by atoms with Crippen molar-refractivity contribution in [2.75, 3.05) is 32.7 Å². The summed E-state index contributed by atoms with van der Waals surface area (Å²) in [5, 5.41) is 15.1. The quantitative estimate of drug-likeness (QED) is 0.625. The third-order valence-electron chi connectivity index (χ3n) is 7.01. The van der Waals surface area contributed by atoms with E-state index < -0.39 is 26.9 Å². The molecule has 5 rings (SSSR count). The first-order chi connectivity index (χ1) is 17.3. The molecule has 3 N–H and O–H groups in total. The fourth-order valence-corrected chi connectivity index (χ4v) is 6.08. The van der Waals surface area contributed by atoms with Crippen molar-refractivity contribution in [3.05, 3.63) is 41.6 Å². The summed E-state index contributed by atoms with van der Waals surface area (Å²) in [6.45, 7) is 2.40. The van der Waals surface area contributed by atoms with E-state index in [0.29, 0.717) is 24.7 Å². The Morgan fingerprint density at radius 2 is 2.17 bits per heavy atom. The number of nitrogens with two attached hydrogens (primary N) is 1. The number of benzene rings is 1. The highest BCUT2D eigenvalue weighted by molar-refractivity contribution is 7.93. The molecule has 1 aromatic carbocycles. The molecule has 2 aliphatic heterocycles. The molecule has 3 aliphatic rings. The first-order valence-electron chi connectivity index (χ1n) is 11.7. The first-order valence-corrected chi connectivity index (χ1v) is 13.3. The molecule has 1 aromatic heterocycles. The van der Waals surface area contributed by atoms with Crippen LogP contribution < -0.4 is 15.2 Å². The molecule has 2 amide bonds. The van der Waals surface area contributed by atoms with Gasteiger partial charge in [-0.2, -0.15) is 5.10 Å². The molecular formula is C24H30N6O5S. The van der Waals surface area contributed by atoms with E-state index in [1.165, 1.54) is 6.21 Å². The number of pyridine rings is 1. The van der Waals surface area contributed by atoms with Crippen molar-refractivity contribution < 1.29 is 23.2 Å². The summed E-state index contributed by atoms with van der Waals surface area (Å²) >= 11 is 0. The number of urea groups is 1. The number of ether oxygens (including phenoxy) is 3. The molecule has 192 valence electrons. The maximum Gasteiger partial charge on any atom is 0.354 e. The lowest BCUT2D eigenvalue weighted by Crippen LogP contribution is -2.58. The van der Waals surface area contributed by atoms with E-state index in [-0.39, 0.29) is 6.10 Å². The lowest BCUT2D eigenvalue weighted by molar-refractivity contribution is -0.147. The van der Waals surface area contributed by atoms with E-state index in [1.54, 1.807) is 38.4 Å². The van der Waals surface area contributed by atoms with Gasteiger partial charge in [-0.15, -0.1) is 4.36 Å². The second kappa shape index (κ2) is 9.43. The van der Waals surface area contributed by atoms with Crippen molar-refractivity contribution in [1.82, 2.24) is 9.99 Å². The van der Waals surface area contributed by atoms with Gasteiger partial charge in [0.05, 0.1) is 32.1 Å². The van der Waals surface area contributed by atoms with Crippen molar-refractivity contribution in [2.45, 2.75) is 43.3 Å². The van der Waals surface area contributed by atoms with E-state index in [2.05, 4.69) is 25.8 Å². The number of fused-ring (bicyclic) bond motifs is 2. The Bertz CT molecular complexity index is 1340. The highest BCUT2D eigenvalue weighted by atomic mass is 32.2. The summed E-state index contributed by atoms with van der Waals surface area (Å²) < 4.78 is 32.9. The predicted molar refractivity (Wildman–Crippen MR) is 136 cm³/mol. The fourth-order valence-electron chi connectivity index (χ4n) is 4.92. The lowest BCUT2D eigenvalue weighted by atomic mass is 9.98. The van der Waals surface area contributed by atoms with Gasteiger partial charge >= 0.3 is 6.03 Å². The Kier molecular flexibility index (Phi) is 6.45. The molecule has 1 saturated heterocycles. The zero-order valence-corrected chi connectivity index (χ0v) is 21.3. The number of hydrogen-bond acceptors (Lipinski definition) is 8. The Balaban J connectivity index is 1.47. The second-order valence-corrected chi connectivity index (χ2v) is 11.4. The molecule has 11 nitrogen and oxygen atoms in total. The number of nitrogens with zero attached hydrogens (tertiary/aromatic N) is 4. The van der Waals surface area contributed by atoms with Gasteiger partial charge in [0.1, 0.15) is 14.7 Å². The number of carbonyl (C=O) groups excluding carboxylic acids is 1. The number of nitrogens with one attached hydrogen (secondary N) is 1. The molecule has 12 heteroatoms. The van der Waals surface area contributed by atoms with Crippen LogP contribution in [0.1, 0.15) is 24.5 Å². The van der Waals surface area contributed by atoms with Gasteiger partial charge in [0.25, 0.3) is 0 Å². The molecule has 0 bridgehead atoms. The Morgan fingerprint density at radius 1 is 1.33 bits per heavy atom. The van der Waals surface area contributed by atoms with Gasteiger partial charge < -0.3 is 19.5 Å². The van der Waals surface area contributed by atoms with E-state index in [4.69, 9.17) is 19.3 Å². The summed E-state index contributed by atoms with van der Waals surface area (Å²) in [7, 11) is -0.457. The number of carbonyl (C=O) groups is 1. The van der Waals surface area contributed by atoms with Gasteiger partial charge in [-0.05, 0) is 48.9 Å². The lowest BCUT2D eigenvalue weighted by Gasteiger charge is -2.39. The number of hydrogen-bond donors (Lipinski definition) is 2. The van der Waals surface area contributed by atoms with E-state index in [0.717, 1.165) is 41.5 Å². The molecule has 4 unspecified atom stereocenters. The van der Waals surface area contributed by atoms with Crippen LogP contribution in [-0.2, 0) is 32.2 Å². The number of rotatable bonds is 5. The highest BCUT2D eigenvalue weighted by Gasteiger charge is 2.52. The van der Waals surface area contributed by atoms with Crippen molar-refractivity contribution in [2.24, 2.45) is 14.6 Å². The smallest absolute Gasteiger partial charge is 0.354 e. The van der Waals surface area contributed by atoms with Crippen LogP contribution in [0.3, 0.4) is 0 Å². The maximum absolute atomic E-state index is 13.7. The van der Waals surface area contributed by atoms with Gasteiger partial charge in [-0.3, -0.25) is 5.01 Å². The Morgan fingerprint density at radius 3 is 2.94 bits per heavy atom. The number of aromatic nitrogens is 1. The molecule has 1 aliphatic carbocycles. The van der Waals surface area contributed by atoms with Crippen LogP contribution in [0.2, 0.25) is 0 Å². The topological polar surface area (TPSA) is 141 Å². The number of methoxy groups -OCH3 is 2. The molecule has 1 fully saturated rings. The monoisotopic (exact) mass is 514 g/mol. The van der Waals surface area contributed by atoms with Crippen molar-refractivity contribution >= 4 is 27.8 Å². The zero-order valence-electron chi connectivity index (χ0n) is 20.5. The molecule has 0 spiro atoms. The van der Waals surface area contributed by atoms with Gasteiger partial charge in [0.15, 0.2) is 6.23 Å². The van der Waals surface area contributed by atoms with Crippen LogP contribution in [0.4, 0.5) is 10.5 Å². The van der Waals surface area contributed by atoms with Crippen LogP contribution in [0.5, 0.6) is 5.88 Å². The normalized spacial score (nSPS) is 26.2. The standard InChI is InChI=1S/C24H30N6O5S/c1-24(14-27-30-12-17(33-2)13-35-22(24)30)36(25,32)29-23(31)28-21-18-6-4-5-15(18)7-8-19(21)16-9-10-26-20(11-16)34-3/h7-11,14,17,22H,4-6,12-13H2,1-3H3,(H3,25,28,29,31,32). The fraction of sp³-hybridized carbons (Fsp3) is 0.458. The van der Waals surface area contributed by atoms with Crippen LogP contribution in [0.15, 0.2) is 39.9 Å². The second-order valence-electron chi connectivity index (χ2n) is 9.25. The van der Waals surface area contributed by atoms with Crippen molar-refractivity contribution in [3.63, 3.8) is 0 Å². The number of amides is 2. The minimum atomic E-state index is -3.60. The molecule has 0 saturated carbocycles. The predicted octanol–water partition coefficient (Wildman–Crippen LogP) is 2.55. The molecule has 3 heterocycles. The van der Waals surface area contributed by atoms with E-state index in [9.17, 15) is 9.00 Å². The highest BCUT2D eigenvalue weighted by Crippen LogP contribution is 2.39. The average Bonchev–Trinajstić information content (AvgIpc) is 3.49. The average molecular weight is 515 g/mol. The summed E-state index contributed by atoms with van der Waals surface area (Å²) in [5.41, 5.74) is 4.46. The van der Waals surface area contributed by atoms with Gasteiger partial charge in [-0.1, -0.05) is 12.1 Å². The number of hydrazone groups is 1. The van der Waals surface area contributed by atoms with Crippen LogP contribution >= 0.6 is 0 Å². The van der Waals surface area contributed by atoms with Crippen LogP contribution in [-0.4, -0.2) is 70.9 Å². The van der Waals surface area contributed by atoms with Gasteiger partial charge in [0.2, 0.25) is 5.88 Å². The van der Waals surface area contributed by atoms with Crippen molar-refractivity contribution in [3.8, 4) is 17.0 Å². The minimum absolute atomic E-state index is 0.166. The van der Waals surface area contributed by atoms with Gasteiger partial charge in [0, 0.05) is 31.2 Å². The summed E-state index contributed by atoms with van der Waals surface area (Å²) in [6, 6.07) is 6.88. The molecule has 0 radical (unpaired) electrons. The van der Waals surface area contributed by atoms with Crippen molar-refractivity contribution in [1.29, 1.82) is 0 Å². The summed E-state index contributed by atoms with van der Waals surface area (Å²) in [6.07, 6.45) is 4.96. The molecule has 4 atom stereocenters. The zero-order chi connectivity index (χ0) is 25.5.